The van der Waals surface area contributed by atoms with Crippen LogP contribution in [-0.2, 0) is 14.3 Å². The molecule has 4 rings (SSSR count). The van der Waals surface area contributed by atoms with E-state index in [0.29, 0.717) is 42.2 Å². The van der Waals surface area contributed by atoms with Crippen LogP contribution in [0.5, 0.6) is 17.2 Å². The second-order valence-electron chi connectivity index (χ2n) is 9.70. The average molecular weight is 506 g/mol. The summed E-state index contributed by atoms with van der Waals surface area (Å²) in [6.45, 7) is 7.84. The second-order valence-corrected chi connectivity index (χ2v) is 9.70. The lowest BCUT2D eigenvalue weighted by molar-refractivity contribution is -0.143. The van der Waals surface area contributed by atoms with Crippen molar-refractivity contribution in [2.45, 2.75) is 58.5 Å². The predicted molar refractivity (Wildman–Crippen MR) is 142 cm³/mol. The first-order valence-electron chi connectivity index (χ1n) is 12.7. The zero-order valence-corrected chi connectivity index (χ0v) is 22.4. The van der Waals surface area contributed by atoms with Gasteiger partial charge in [0.05, 0.1) is 38.4 Å². The van der Waals surface area contributed by atoms with Gasteiger partial charge in [0.25, 0.3) is 0 Å². The number of allylic oxidation sites excluding steroid dienone is 1. The number of carbonyl (C=O) groups is 2. The van der Waals surface area contributed by atoms with E-state index in [1.165, 1.54) is 0 Å². The van der Waals surface area contributed by atoms with Gasteiger partial charge in [0.15, 0.2) is 11.5 Å². The summed E-state index contributed by atoms with van der Waals surface area (Å²) >= 11 is 0. The van der Waals surface area contributed by atoms with Crippen LogP contribution in [0, 0.1) is 5.92 Å². The smallest absolute Gasteiger partial charge is 0.336 e. The normalized spacial score (nSPS) is 21.3. The molecule has 0 amide bonds. The number of carbonyl (C=O) groups excluding carboxylic acids is 2. The fourth-order valence-corrected chi connectivity index (χ4v) is 5.34. The van der Waals surface area contributed by atoms with Crippen molar-refractivity contribution < 1.29 is 28.5 Å². The first-order chi connectivity index (χ1) is 17.8. The SMILES string of the molecule is CCOc1ccc([C@@H]2C(C(=O)OC(C)C)=C(C)N=C3C[C@H](c4ccc(OC)cc4)CC(=O)C32)cc1OC. The Morgan fingerprint density at radius 3 is 2.30 bits per heavy atom. The molecule has 196 valence electrons. The monoisotopic (exact) mass is 505 g/mol. The number of esters is 1. The third-order valence-electron chi connectivity index (χ3n) is 6.95. The van der Waals surface area contributed by atoms with Gasteiger partial charge in [-0.2, -0.15) is 0 Å². The van der Waals surface area contributed by atoms with Crippen molar-refractivity contribution in [1.29, 1.82) is 0 Å². The highest BCUT2D eigenvalue weighted by atomic mass is 16.5. The molecule has 0 saturated heterocycles. The molecule has 1 aliphatic heterocycles. The third kappa shape index (κ3) is 5.41. The minimum Gasteiger partial charge on any atom is -0.497 e. The van der Waals surface area contributed by atoms with Gasteiger partial charge in [-0.15, -0.1) is 0 Å². The van der Waals surface area contributed by atoms with Crippen molar-refractivity contribution in [2.24, 2.45) is 10.9 Å². The van der Waals surface area contributed by atoms with Crippen molar-refractivity contribution in [3.05, 3.63) is 64.9 Å². The number of rotatable bonds is 8. The Balaban J connectivity index is 1.78. The van der Waals surface area contributed by atoms with Crippen molar-refractivity contribution in [2.75, 3.05) is 20.8 Å². The summed E-state index contributed by atoms with van der Waals surface area (Å²) in [5, 5.41) is 0. The number of hydrogen-bond donors (Lipinski definition) is 0. The van der Waals surface area contributed by atoms with Gasteiger partial charge in [-0.25, -0.2) is 4.79 Å². The molecule has 2 aromatic carbocycles. The van der Waals surface area contributed by atoms with Gasteiger partial charge in [0.2, 0.25) is 0 Å². The zero-order valence-electron chi connectivity index (χ0n) is 22.4. The summed E-state index contributed by atoms with van der Waals surface area (Å²) in [4.78, 5) is 32.0. The topological polar surface area (TPSA) is 83.4 Å². The summed E-state index contributed by atoms with van der Waals surface area (Å²) < 4.78 is 22.2. The van der Waals surface area contributed by atoms with E-state index in [0.717, 1.165) is 22.6 Å². The fraction of sp³-hybridized carbons (Fsp3) is 0.433. The van der Waals surface area contributed by atoms with Crippen LogP contribution in [0.25, 0.3) is 0 Å². The van der Waals surface area contributed by atoms with Crippen LogP contribution in [0.1, 0.15) is 63.5 Å². The molecule has 7 heteroatoms. The number of ether oxygens (including phenoxy) is 4. The fourth-order valence-electron chi connectivity index (χ4n) is 5.34. The highest BCUT2D eigenvalue weighted by Gasteiger charge is 2.46. The molecule has 37 heavy (non-hydrogen) atoms. The maximum atomic E-state index is 13.8. The zero-order chi connectivity index (χ0) is 26.7. The number of benzene rings is 2. The second kappa shape index (κ2) is 11.2. The van der Waals surface area contributed by atoms with E-state index in [2.05, 4.69) is 0 Å². The van der Waals surface area contributed by atoms with E-state index in [-0.39, 0.29) is 17.8 Å². The number of nitrogens with zero attached hydrogens (tertiary/aromatic N) is 1. The highest BCUT2D eigenvalue weighted by molar-refractivity contribution is 6.12. The lowest BCUT2D eigenvalue weighted by Crippen LogP contribution is -2.41. The molecule has 1 aliphatic carbocycles. The number of Topliss-reactive ketones (excluding diaryl/α,β-unsaturated/α-hetero) is 1. The van der Waals surface area contributed by atoms with Crippen LogP contribution >= 0.6 is 0 Å². The molecule has 0 radical (unpaired) electrons. The molecule has 1 unspecified atom stereocenters. The van der Waals surface area contributed by atoms with Crippen LogP contribution in [0.4, 0.5) is 0 Å². The highest BCUT2D eigenvalue weighted by Crippen LogP contribution is 2.47. The van der Waals surface area contributed by atoms with E-state index >= 15 is 0 Å². The minimum atomic E-state index is -0.546. The molecule has 1 fully saturated rings. The van der Waals surface area contributed by atoms with Gasteiger partial charge in [-0.05, 0) is 75.4 Å². The molecule has 2 aromatic rings. The van der Waals surface area contributed by atoms with Crippen LogP contribution < -0.4 is 14.2 Å². The van der Waals surface area contributed by atoms with Crippen molar-refractivity contribution in [1.82, 2.24) is 0 Å². The Bertz CT molecular complexity index is 1230. The van der Waals surface area contributed by atoms with Crippen molar-refractivity contribution in [3.63, 3.8) is 0 Å². The first kappa shape index (κ1) is 26.5. The summed E-state index contributed by atoms with van der Waals surface area (Å²) in [5.74, 6) is 0.501. The number of fused-ring (bicyclic) bond motifs is 1. The quantitative estimate of drug-likeness (QED) is 0.433. The van der Waals surface area contributed by atoms with E-state index < -0.39 is 17.8 Å². The molecular formula is C30H35NO6. The molecule has 0 bridgehead atoms. The van der Waals surface area contributed by atoms with Gasteiger partial charge in [-0.1, -0.05) is 18.2 Å². The molecule has 1 saturated carbocycles. The Morgan fingerprint density at radius 1 is 0.973 bits per heavy atom. The van der Waals surface area contributed by atoms with Crippen LogP contribution in [0.15, 0.2) is 58.7 Å². The Kier molecular flexibility index (Phi) is 8.00. The number of ketones is 1. The number of aliphatic imine (C=N–C) groups is 1. The average Bonchev–Trinajstić information content (AvgIpc) is 2.87. The predicted octanol–water partition coefficient (Wildman–Crippen LogP) is 5.63. The van der Waals surface area contributed by atoms with Gasteiger partial charge in [0.1, 0.15) is 11.5 Å². The molecule has 0 spiro atoms. The molecule has 7 nitrogen and oxygen atoms in total. The lowest BCUT2D eigenvalue weighted by atomic mass is 9.66. The largest absolute Gasteiger partial charge is 0.497 e. The maximum Gasteiger partial charge on any atom is 0.336 e. The van der Waals surface area contributed by atoms with Crippen LogP contribution in [0.3, 0.4) is 0 Å². The van der Waals surface area contributed by atoms with Crippen molar-refractivity contribution >= 4 is 17.5 Å². The van der Waals surface area contributed by atoms with Gasteiger partial charge in [-0.3, -0.25) is 9.79 Å². The summed E-state index contributed by atoms with van der Waals surface area (Å²) in [7, 11) is 3.21. The third-order valence-corrected chi connectivity index (χ3v) is 6.95. The first-order valence-corrected chi connectivity index (χ1v) is 12.7. The standard InChI is InChI=1S/C30H35NO6/c1-7-36-25-13-10-20(16-26(25)35-6)28-27(30(33)37-17(2)3)18(4)31-23-14-21(15-24(32)29(23)28)19-8-11-22(34-5)12-9-19/h8-13,16-17,21,28-29H,7,14-15H2,1-6H3/t21-,28+,29?/m0/s1. The van der Waals surface area contributed by atoms with E-state index in [9.17, 15) is 9.59 Å². The van der Waals surface area contributed by atoms with Gasteiger partial charge >= 0.3 is 5.97 Å². The molecule has 1 heterocycles. The van der Waals surface area contributed by atoms with E-state index in [1.54, 1.807) is 14.2 Å². The maximum absolute atomic E-state index is 13.8. The van der Waals surface area contributed by atoms with E-state index in [1.807, 2.05) is 70.2 Å². The minimum absolute atomic E-state index is 0.0147. The summed E-state index contributed by atoms with van der Waals surface area (Å²) in [6.07, 6.45) is 0.707. The molecule has 0 aromatic heterocycles. The van der Waals surface area contributed by atoms with Gasteiger partial charge < -0.3 is 18.9 Å². The van der Waals surface area contributed by atoms with E-state index in [4.69, 9.17) is 23.9 Å². The van der Waals surface area contributed by atoms with Crippen molar-refractivity contribution in [3.8, 4) is 17.2 Å². The molecule has 2 aliphatic rings. The molecule has 3 atom stereocenters. The Labute approximate surface area is 218 Å². The lowest BCUT2D eigenvalue weighted by Gasteiger charge is -2.38. The number of methoxy groups -OCH3 is 2. The van der Waals surface area contributed by atoms with Gasteiger partial charge in [0, 0.05) is 23.7 Å². The Morgan fingerprint density at radius 2 is 1.68 bits per heavy atom. The van der Waals surface area contributed by atoms with Crippen LogP contribution in [0.2, 0.25) is 0 Å². The number of hydrogen-bond acceptors (Lipinski definition) is 7. The Hall–Kier alpha value is -3.61. The summed E-state index contributed by atoms with van der Waals surface area (Å²) in [6, 6.07) is 13.4. The van der Waals surface area contributed by atoms with Crippen LogP contribution in [-0.4, -0.2) is 44.4 Å². The molecule has 0 N–H and O–H groups in total. The molecular weight excluding hydrogens is 470 g/mol. The summed E-state index contributed by atoms with van der Waals surface area (Å²) in [5.41, 5.74) is 3.67.